The Morgan fingerprint density at radius 2 is 1.90 bits per heavy atom. The first kappa shape index (κ1) is 22.9. The van der Waals surface area contributed by atoms with Gasteiger partial charge in [0.1, 0.15) is 17.5 Å². The third-order valence-corrected chi connectivity index (χ3v) is 5.40. The molecule has 160 valence electrons. The number of rotatable bonds is 6. The lowest BCUT2D eigenvalue weighted by Gasteiger charge is -2.16. The molecule has 6 nitrogen and oxygen atoms in total. The van der Waals surface area contributed by atoms with Crippen molar-refractivity contribution in [2.45, 2.75) is 6.04 Å². The highest BCUT2D eigenvalue weighted by molar-refractivity contribution is 8.13. The Labute approximate surface area is 194 Å². The zero-order valence-corrected chi connectivity index (χ0v) is 19.1. The van der Waals surface area contributed by atoms with E-state index in [1.807, 2.05) is 48.7 Å². The molecule has 0 spiro atoms. The van der Waals surface area contributed by atoms with E-state index in [9.17, 15) is 4.79 Å². The summed E-state index contributed by atoms with van der Waals surface area (Å²) in [6, 6.07) is 16.1. The fraction of sp³-hybridized carbons (Fsp3) is 0.136. The van der Waals surface area contributed by atoms with Gasteiger partial charge in [-0.05, 0) is 47.7 Å². The molecule has 1 aromatic heterocycles. The zero-order valence-electron chi connectivity index (χ0n) is 16.8. The standard InChI is InChI=1S/C22H20Cl2N4O2S/c1-30-17-8-6-13(7-9-17)19(28-22(25)31-2)14-4-3-5-16(10-14)27-21(29)20-18(24)11-15(23)12-26-20/h3-12,19H,1-2H3,(H2,25,28)(H,27,29). The van der Waals surface area contributed by atoms with Gasteiger partial charge in [-0.3, -0.25) is 4.79 Å². The molecule has 0 saturated heterocycles. The van der Waals surface area contributed by atoms with E-state index in [1.165, 1.54) is 24.0 Å². The maximum Gasteiger partial charge on any atom is 0.275 e. The van der Waals surface area contributed by atoms with E-state index in [-0.39, 0.29) is 16.8 Å². The van der Waals surface area contributed by atoms with Crippen molar-refractivity contribution in [3.8, 4) is 5.75 Å². The summed E-state index contributed by atoms with van der Waals surface area (Å²) >= 11 is 13.3. The van der Waals surface area contributed by atoms with Gasteiger partial charge in [-0.1, -0.05) is 59.2 Å². The first-order chi connectivity index (χ1) is 14.9. The molecule has 2 aromatic carbocycles. The lowest BCUT2D eigenvalue weighted by atomic mass is 9.98. The molecule has 3 rings (SSSR count). The Morgan fingerprint density at radius 1 is 1.16 bits per heavy atom. The van der Waals surface area contributed by atoms with E-state index in [0.29, 0.717) is 15.9 Å². The number of amidine groups is 1. The van der Waals surface area contributed by atoms with Crippen molar-refractivity contribution in [2.24, 2.45) is 10.7 Å². The summed E-state index contributed by atoms with van der Waals surface area (Å²) in [5.41, 5.74) is 8.47. The Bertz CT molecular complexity index is 1110. The van der Waals surface area contributed by atoms with Crippen molar-refractivity contribution in [3.05, 3.63) is 87.7 Å². The number of methoxy groups -OCH3 is 1. The van der Waals surface area contributed by atoms with Crippen LogP contribution in [0.1, 0.15) is 27.7 Å². The van der Waals surface area contributed by atoms with Crippen LogP contribution >= 0.6 is 35.0 Å². The minimum absolute atomic E-state index is 0.0906. The van der Waals surface area contributed by atoms with Crippen molar-refractivity contribution in [3.63, 3.8) is 0 Å². The predicted molar refractivity (Wildman–Crippen MR) is 129 cm³/mol. The zero-order chi connectivity index (χ0) is 22.4. The molecule has 0 radical (unpaired) electrons. The molecular weight excluding hydrogens is 455 g/mol. The number of halogens is 2. The van der Waals surface area contributed by atoms with Gasteiger partial charge in [0.25, 0.3) is 5.91 Å². The van der Waals surface area contributed by atoms with Crippen LogP contribution in [0.5, 0.6) is 5.75 Å². The number of carbonyl (C=O) groups excluding carboxylic acids is 1. The van der Waals surface area contributed by atoms with Crippen molar-refractivity contribution >= 4 is 51.7 Å². The van der Waals surface area contributed by atoms with Crippen molar-refractivity contribution < 1.29 is 9.53 Å². The SMILES string of the molecule is COc1ccc(C(N=C(N)SC)c2cccc(NC(=O)c3ncc(Cl)cc3Cl)c2)cc1. The number of amides is 1. The first-order valence-electron chi connectivity index (χ1n) is 9.15. The maximum absolute atomic E-state index is 12.6. The minimum Gasteiger partial charge on any atom is -0.497 e. The van der Waals surface area contributed by atoms with Crippen LogP contribution in [0.25, 0.3) is 0 Å². The highest BCUT2D eigenvalue weighted by atomic mass is 35.5. The Hall–Kier alpha value is -2.74. The average molecular weight is 475 g/mol. The molecule has 0 saturated carbocycles. The number of aliphatic imine (C=N–C) groups is 1. The lowest BCUT2D eigenvalue weighted by molar-refractivity contribution is 0.102. The number of hydrogen-bond donors (Lipinski definition) is 2. The van der Waals surface area contributed by atoms with Crippen LogP contribution in [-0.4, -0.2) is 29.4 Å². The number of hydrogen-bond acceptors (Lipinski definition) is 5. The van der Waals surface area contributed by atoms with Gasteiger partial charge in [-0.2, -0.15) is 0 Å². The molecule has 0 aliphatic heterocycles. The fourth-order valence-corrected chi connectivity index (χ4v) is 3.54. The Morgan fingerprint density at radius 3 is 2.55 bits per heavy atom. The predicted octanol–water partition coefficient (Wildman–Crippen LogP) is 5.42. The van der Waals surface area contributed by atoms with Crippen LogP contribution in [0.15, 0.2) is 65.8 Å². The molecular formula is C22H20Cl2N4O2S. The lowest BCUT2D eigenvalue weighted by Crippen LogP contribution is -2.15. The van der Waals surface area contributed by atoms with E-state index in [0.717, 1.165) is 16.9 Å². The summed E-state index contributed by atoms with van der Waals surface area (Å²) < 4.78 is 5.24. The van der Waals surface area contributed by atoms with Gasteiger partial charge < -0.3 is 15.8 Å². The Balaban J connectivity index is 1.92. The molecule has 0 aliphatic rings. The molecule has 3 aromatic rings. The number of anilines is 1. The molecule has 1 amide bonds. The summed E-state index contributed by atoms with van der Waals surface area (Å²) in [4.78, 5) is 21.3. The fourth-order valence-electron chi connectivity index (χ4n) is 2.87. The highest BCUT2D eigenvalue weighted by Crippen LogP contribution is 2.30. The van der Waals surface area contributed by atoms with Crippen LogP contribution < -0.4 is 15.8 Å². The van der Waals surface area contributed by atoms with Crippen LogP contribution in [0.3, 0.4) is 0 Å². The topological polar surface area (TPSA) is 89.6 Å². The van der Waals surface area contributed by atoms with Crippen molar-refractivity contribution in [1.29, 1.82) is 0 Å². The van der Waals surface area contributed by atoms with Gasteiger partial charge in [0, 0.05) is 11.9 Å². The van der Waals surface area contributed by atoms with Crippen LogP contribution in [0.2, 0.25) is 10.0 Å². The number of ether oxygens (including phenoxy) is 1. The minimum atomic E-state index is -0.438. The molecule has 0 fully saturated rings. The maximum atomic E-state index is 12.6. The largest absolute Gasteiger partial charge is 0.497 e. The summed E-state index contributed by atoms with van der Waals surface area (Å²) in [6.45, 7) is 0. The third kappa shape index (κ3) is 5.91. The number of nitrogens with two attached hydrogens (primary N) is 1. The first-order valence-corrected chi connectivity index (χ1v) is 11.1. The molecule has 0 bridgehead atoms. The molecule has 31 heavy (non-hydrogen) atoms. The number of aromatic nitrogens is 1. The monoisotopic (exact) mass is 474 g/mol. The van der Waals surface area contributed by atoms with E-state index in [2.05, 4.69) is 15.3 Å². The third-order valence-electron chi connectivity index (χ3n) is 4.38. The molecule has 9 heteroatoms. The van der Waals surface area contributed by atoms with E-state index in [1.54, 1.807) is 13.2 Å². The van der Waals surface area contributed by atoms with Gasteiger partial charge in [-0.15, -0.1) is 0 Å². The second-order valence-corrected chi connectivity index (χ2v) is 8.08. The van der Waals surface area contributed by atoms with E-state index < -0.39 is 5.91 Å². The molecule has 1 heterocycles. The quantitative estimate of drug-likeness (QED) is 0.367. The number of carbonyl (C=O) groups is 1. The van der Waals surface area contributed by atoms with Crippen molar-refractivity contribution in [1.82, 2.24) is 4.98 Å². The molecule has 1 atom stereocenters. The van der Waals surface area contributed by atoms with Crippen LogP contribution in [0, 0.1) is 0 Å². The van der Waals surface area contributed by atoms with Gasteiger partial charge in [0.05, 0.1) is 17.2 Å². The van der Waals surface area contributed by atoms with Crippen LogP contribution in [-0.2, 0) is 0 Å². The normalized spacial score (nSPS) is 12.3. The summed E-state index contributed by atoms with van der Waals surface area (Å²) in [5.74, 6) is 0.310. The highest BCUT2D eigenvalue weighted by Gasteiger charge is 2.17. The van der Waals surface area contributed by atoms with Gasteiger partial charge in [-0.25, -0.2) is 9.98 Å². The van der Waals surface area contributed by atoms with Crippen LogP contribution in [0.4, 0.5) is 5.69 Å². The van der Waals surface area contributed by atoms with Crippen molar-refractivity contribution in [2.75, 3.05) is 18.7 Å². The smallest absolute Gasteiger partial charge is 0.275 e. The average Bonchev–Trinajstić information content (AvgIpc) is 2.77. The number of nitrogens with one attached hydrogen (secondary N) is 1. The van der Waals surface area contributed by atoms with Gasteiger partial charge in [0.2, 0.25) is 0 Å². The van der Waals surface area contributed by atoms with E-state index in [4.69, 9.17) is 33.7 Å². The number of benzene rings is 2. The molecule has 3 N–H and O–H groups in total. The summed E-state index contributed by atoms with van der Waals surface area (Å²) in [5, 5.41) is 3.80. The Kier molecular flexibility index (Phi) is 7.79. The number of thioether (sulfide) groups is 1. The van der Waals surface area contributed by atoms with Gasteiger partial charge >= 0.3 is 0 Å². The molecule has 0 aliphatic carbocycles. The number of nitrogens with zero attached hydrogens (tertiary/aromatic N) is 2. The number of pyridine rings is 1. The second-order valence-electron chi connectivity index (χ2n) is 6.41. The summed E-state index contributed by atoms with van der Waals surface area (Å²) in [6.07, 6.45) is 3.24. The second kappa shape index (κ2) is 10.5. The summed E-state index contributed by atoms with van der Waals surface area (Å²) in [7, 11) is 1.62. The van der Waals surface area contributed by atoms with Gasteiger partial charge in [0.15, 0.2) is 5.17 Å². The molecule has 1 unspecified atom stereocenters. The van der Waals surface area contributed by atoms with E-state index >= 15 is 0 Å².